The summed E-state index contributed by atoms with van der Waals surface area (Å²) in [5, 5.41) is 0. The third kappa shape index (κ3) is 6.78. The van der Waals surface area contributed by atoms with Crippen LogP contribution < -0.4 is 0 Å². The molecule has 0 unspecified atom stereocenters. The molecule has 0 aromatic rings. The summed E-state index contributed by atoms with van der Waals surface area (Å²) in [6.45, 7) is 5.43. The van der Waals surface area contributed by atoms with Crippen molar-refractivity contribution in [3.05, 3.63) is 37.0 Å². The molecular weight excluding hydrogens is 136 g/mol. The lowest BCUT2D eigenvalue weighted by Crippen LogP contribution is -1.91. The molecule has 0 spiro atoms. The molecule has 0 amide bonds. The van der Waals surface area contributed by atoms with Crippen LogP contribution in [0.15, 0.2) is 37.0 Å². The van der Waals surface area contributed by atoms with Gasteiger partial charge in [0.05, 0.1) is 0 Å². The van der Waals surface area contributed by atoms with Crippen LogP contribution in [0.5, 0.6) is 0 Å². The summed E-state index contributed by atoms with van der Waals surface area (Å²) in [6.07, 6.45) is 10.2. The van der Waals surface area contributed by atoms with E-state index in [9.17, 15) is 4.79 Å². The van der Waals surface area contributed by atoms with Crippen molar-refractivity contribution in [3.8, 4) is 0 Å². The topological polar surface area (TPSA) is 17.1 Å². The fraction of sp³-hybridized carbons (Fsp3) is 0.300. The molecule has 0 aromatic carbocycles. The number of hydrogen-bond donors (Lipinski definition) is 0. The van der Waals surface area contributed by atoms with Gasteiger partial charge in [0.25, 0.3) is 0 Å². The Kier molecular flexibility index (Phi) is 6.30. The van der Waals surface area contributed by atoms with Gasteiger partial charge in [-0.1, -0.05) is 30.4 Å². The van der Waals surface area contributed by atoms with Crippen molar-refractivity contribution >= 4 is 5.78 Å². The number of allylic oxidation sites excluding steroid dienone is 5. The van der Waals surface area contributed by atoms with E-state index < -0.39 is 0 Å². The second-order valence-electron chi connectivity index (χ2n) is 2.19. The second kappa shape index (κ2) is 7.00. The molecule has 0 heterocycles. The number of ketones is 1. The van der Waals surface area contributed by atoms with Gasteiger partial charge in [-0.3, -0.25) is 4.79 Å². The third-order valence-corrected chi connectivity index (χ3v) is 1.16. The van der Waals surface area contributed by atoms with E-state index in [4.69, 9.17) is 0 Å². The maximum atomic E-state index is 10.9. The predicted molar refractivity (Wildman–Crippen MR) is 48.4 cm³/mol. The van der Waals surface area contributed by atoms with Crippen molar-refractivity contribution in [2.45, 2.75) is 19.8 Å². The van der Waals surface area contributed by atoms with Crippen LogP contribution in [0.1, 0.15) is 19.8 Å². The minimum atomic E-state index is 0.209. The summed E-state index contributed by atoms with van der Waals surface area (Å²) in [4.78, 5) is 10.9. The summed E-state index contributed by atoms with van der Waals surface area (Å²) in [6, 6.07) is 0. The molecule has 0 aromatic heterocycles. The van der Waals surface area contributed by atoms with Gasteiger partial charge < -0.3 is 0 Å². The van der Waals surface area contributed by atoms with E-state index >= 15 is 0 Å². The lowest BCUT2D eigenvalue weighted by molar-refractivity contribution is -0.117. The van der Waals surface area contributed by atoms with Crippen LogP contribution in [0.25, 0.3) is 0 Å². The molecule has 60 valence electrons. The first-order chi connectivity index (χ1) is 5.31. The summed E-state index contributed by atoms with van der Waals surface area (Å²) in [5.74, 6) is 0.209. The second-order valence-corrected chi connectivity index (χ2v) is 2.19. The number of rotatable bonds is 5. The first kappa shape index (κ1) is 9.89. The molecule has 0 atom stereocenters. The predicted octanol–water partition coefficient (Wildman–Crippen LogP) is 2.65. The molecule has 0 aliphatic heterocycles. The highest BCUT2D eigenvalue weighted by Crippen LogP contribution is 1.92. The van der Waals surface area contributed by atoms with E-state index in [1.165, 1.54) is 0 Å². The lowest BCUT2D eigenvalue weighted by atomic mass is 10.2. The van der Waals surface area contributed by atoms with Crippen LogP contribution >= 0.6 is 0 Å². The smallest absolute Gasteiger partial charge is 0.140 e. The molecule has 0 saturated carbocycles. The third-order valence-electron chi connectivity index (χ3n) is 1.16. The minimum absolute atomic E-state index is 0.209. The van der Waals surface area contributed by atoms with E-state index in [-0.39, 0.29) is 5.78 Å². The molecule has 0 aliphatic carbocycles. The fourth-order valence-corrected chi connectivity index (χ4v) is 0.633. The molecule has 0 saturated heterocycles. The Morgan fingerprint density at radius 1 is 1.36 bits per heavy atom. The summed E-state index contributed by atoms with van der Waals surface area (Å²) < 4.78 is 0. The molecule has 1 nitrogen and oxygen atoms in total. The quantitative estimate of drug-likeness (QED) is 0.435. The van der Waals surface area contributed by atoms with Crippen LogP contribution in [0, 0.1) is 0 Å². The Balaban J connectivity index is 3.52. The summed E-state index contributed by atoms with van der Waals surface area (Å²) in [5.41, 5.74) is 0. The average Bonchev–Trinajstić information content (AvgIpc) is 1.99. The first-order valence-electron chi connectivity index (χ1n) is 3.71. The van der Waals surface area contributed by atoms with Crippen LogP contribution in [0.4, 0.5) is 0 Å². The zero-order valence-corrected chi connectivity index (χ0v) is 6.92. The van der Waals surface area contributed by atoms with E-state index in [1.54, 1.807) is 6.08 Å². The van der Waals surface area contributed by atoms with Gasteiger partial charge in [-0.2, -0.15) is 0 Å². The molecular formula is C10H14O. The van der Waals surface area contributed by atoms with Gasteiger partial charge in [0.1, 0.15) is 5.78 Å². The Hall–Kier alpha value is -1.11. The SMILES string of the molecule is C=CCC(=O)CC=CC=CC. The van der Waals surface area contributed by atoms with Crippen LogP contribution in [0.2, 0.25) is 0 Å². The van der Waals surface area contributed by atoms with Gasteiger partial charge in [0.2, 0.25) is 0 Å². The van der Waals surface area contributed by atoms with E-state index in [2.05, 4.69) is 6.58 Å². The Labute approximate surface area is 68.1 Å². The molecule has 11 heavy (non-hydrogen) atoms. The number of carbonyl (C=O) groups excluding carboxylic acids is 1. The highest BCUT2D eigenvalue weighted by atomic mass is 16.1. The normalized spacial score (nSPS) is 11.0. The molecule has 0 bridgehead atoms. The first-order valence-corrected chi connectivity index (χ1v) is 3.71. The van der Waals surface area contributed by atoms with Gasteiger partial charge in [-0.15, -0.1) is 6.58 Å². The Morgan fingerprint density at radius 2 is 2.09 bits per heavy atom. The zero-order chi connectivity index (χ0) is 8.53. The van der Waals surface area contributed by atoms with E-state index in [1.807, 2.05) is 31.2 Å². The number of hydrogen-bond acceptors (Lipinski definition) is 1. The van der Waals surface area contributed by atoms with Crippen molar-refractivity contribution in [2.24, 2.45) is 0 Å². The maximum absolute atomic E-state index is 10.9. The van der Waals surface area contributed by atoms with Crippen LogP contribution in [-0.2, 0) is 4.79 Å². The van der Waals surface area contributed by atoms with Crippen molar-refractivity contribution in [1.82, 2.24) is 0 Å². The van der Waals surface area contributed by atoms with E-state index in [0.717, 1.165) is 0 Å². The molecule has 0 aliphatic rings. The minimum Gasteiger partial charge on any atom is -0.299 e. The zero-order valence-electron chi connectivity index (χ0n) is 6.92. The number of carbonyl (C=O) groups is 1. The Bertz CT molecular complexity index is 175. The molecule has 0 N–H and O–H groups in total. The molecule has 0 fully saturated rings. The fourth-order valence-electron chi connectivity index (χ4n) is 0.633. The van der Waals surface area contributed by atoms with Gasteiger partial charge in [-0.05, 0) is 6.92 Å². The van der Waals surface area contributed by atoms with Gasteiger partial charge >= 0.3 is 0 Å². The van der Waals surface area contributed by atoms with Crippen molar-refractivity contribution in [2.75, 3.05) is 0 Å². The van der Waals surface area contributed by atoms with Crippen molar-refractivity contribution < 1.29 is 4.79 Å². The highest BCUT2D eigenvalue weighted by molar-refractivity contribution is 5.81. The standard InChI is InChI=1S/C10H14O/c1-3-5-6-7-9-10(11)8-4-2/h3-7H,2,8-9H2,1H3. The largest absolute Gasteiger partial charge is 0.299 e. The molecule has 0 rings (SSSR count). The lowest BCUT2D eigenvalue weighted by Gasteiger charge is -1.87. The van der Waals surface area contributed by atoms with Crippen molar-refractivity contribution in [3.63, 3.8) is 0 Å². The van der Waals surface area contributed by atoms with Crippen LogP contribution in [0.3, 0.4) is 0 Å². The van der Waals surface area contributed by atoms with Gasteiger partial charge in [-0.25, -0.2) is 0 Å². The number of Topliss-reactive ketones (excluding diaryl/α,β-unsaturated/α-hetero) is 1. The van der Waals surface area contributed by atoms with Gasteiger partial charge in [0, 0.05) is 12.8 Å². The van der Waals surface area contributed by atoms with Gasteiger partial charge in [0.15, 0.2) is 0 Å². The monoisotopic (exact) mass is 150 g/mol. The van der Waals surface area contributed by atoms with Crippen molar-refractivity contribution in [1.29, 1.82) is 0 Å². The summed E-state index contributed by atoms with van der Waals surface area (Å²) >= 11 is 0. The van der Waals surface area contributed by atoms with E-state index in [0.29, 0.717) is 12.8 Å². The van der Waals surface area contributed by atoms with Crippen LogP contribution in [-0.4, -0.2) is 5.78 Å². The molecule has 0 radical (unpaired) electrons. The average molecular weight is 150 g/mol. The molecule has 1 heteroatoms. The summed E-state index contributed by atoms with van der Waals surface area (Å²) in [7, 11) is 0. The highest BCUT2D eigenvalue weighted by Gasteiger charge is 1.92. The Morgan fingerprint density at radius 3 is 2.64 bits per heavy atom. The maximum Gasteiger partial charge on any atom is 0.140 e.